The van der Waals surface area contributed by atoms with Crippen molar-refractivity contribution in [1.29, 1.82) is 0 Å². The molecule has 1 aromatic heterocycles. The zero-order valence-corrected chi connectivity index (χ0v) is 14.2. The average Bonchev–Trinajstić information content (AvgIpc) is 2.48. The quantitative estimate of drug-likeness (QED) is 0.685. The molecule has 0 saturated heterocycles. The summed E-state index contributed by atoms with van der Waals surface area (Å²) in [6.45, 7) is 7.00. The van der Waals surface area contributed by atoms with Crippen LogP contribution in [-0.2, 0) is 0 Å². The summed E-state index contributed by atoms with van der Waals surface area (Å²) in [5, 5.41) is 0. The van der Waals surface area contributed by atoms with Crippen molar-refractivity contribution in [2.75, 3.05) is 6.61 Å². The molecule has 0 aliphatic rings. The van der Waals surface area contributed by atoms with E-state index in [0.29, 0.717) is 24.2 Å². The zero-order valence-electron chi connectivity index (χ0n) is 12.6. The topological polar surface area (TPSA) is 31.4 Å². The molecule has 3 nitrogen and oxygen atoms in total. The molecule has 0 spiro atoms. The van der Waals surface area contributed by atoms with Crippen LogP contribution in [0.4, 0.5) is 0 Å². The van der Waals surface area contributed by atoms with Crippen LogP contribution in [0.1, 0.15) is 38.7 Å². The molecular formula is C17H20BrNO2. The summed E-state index contributed by atoms with van der Waals surface area (Å²) < 4.78 is 12.7. The maximum Gasteiger partial charge on any atom is 0.262 e. The minimum atomic E-state index is 0.362. The number of pyridine rings is 1. The molecular weight excluding hydrogens is 330 g/mol. The van der Waals surface area contributed by atoms with Crippen molar-refractivity contribution in [2.24, 2.45) is 0 Å². The second-order valence-electron chi connectivity index (χ2n) is 5.09. The fourth-order valence-electron chi connectivity index (χ4n) is 1.94. The maximum absolute atomic E-state index is 6.00. The molecule has 2 aromatic rings. The molecule has 0 bridgehead atoms. The molecule has 112 valence electrons. The van der Waals surface area contributed by atoms with Gasteiger partial charge in [-0.2, -0.15) is 0 Å². The van der Waals surface area contributed by atoms with Crippen LogP contribution in [0.3, 0.4) is 0 Å². The van der Waals surface area contributed by atoms with E-state index in [0.717, 1.165) is 22.2 Å². The summed E-state index contributed by atoms with van der Waals surface area (Å²) in [6, 6.07) is 9.73. The Kier molecular flexibility index (Phi) is 5.62. The van der Waals surface area contributed by atoms with E-state index in [9.17, 15) is 0 Å². The number of hydrogen-bond acceptors (Lipinski definition) is 3. The lowest BCUT2D eigenvalue weighted by atomic mass is 10.0. The third-order valence-corrected chi connectivity index (χ3v) is 3.49. The number of halogens is 1. The predicted molar refractivity (Wildman–Crippen MR) is 88.3 cm³/mol. The molecule has 21 heavy (non-hydrogen) atoms. The normalized spacial score (nSPS) is 10.7. The van der Waals surface area contributed by atoms with E-state index in [-0.39, 0.29) is 0 Å². The highest BCUT2D eigenvalue weighted by molar-refractivity contribution is 9.10. The number of rotatable bonds is 6. The van der Waals surface area contributed by atoms with Gasteiger partial charge in [-0.25, -0.2) is 4.98 Å². The van der Waals surface area contributed by atoms with Gasteiger partial charge in [-0.15, -0.1) is 0 Å². The molecule has 0 aliphatic carbocycles. The number of hydrogen-bond donors (Lipinski definition) is 0. The minimum Gasteiger partial charge on any atom is -0.488 e. The van der Waals surface area contributed by atoms with Gasteiger partial charge in [0.25, 0.3) is 5.88 Å². The first kappa shape index (κ1) is 15.8. The molecule has 0 radical (unpaired) electrons. The van der Waals surface area contributed by atoms with E-state index in [4.69, 9.17) is 9.47 Å². The van der Waals surface area contributed by atoms with E-state index < -0.39 is 0 Å². The van der Waals surface area contributed by atoms with Crippen molar-refractivity contribution in [3.8, 4) is 17.4 Å². The van der Waals surface area contributed by atoms with Crippen LogP contribution in [0, 0.1) is 0 Å². The first-order chi connectivity index (χ1) is 10.1. The summed E-state index contributed by atoms with van der Waals surface area (Å²) in [7, 11) is 0. The van der Waals surface area contributed by atoms with Gasteiger partial charge in [0.1, 0.15) is 5.75 Å². The molecule has 0 unspecified atom stereocenters. The number of benzene rings is 1. The molecule has 2 rings (SSSR count). The SMILES string of the molecule is CCCOc1cccnc1Oc1ccc(Br)cc1C(C)C. The molecule has 0 atom stereocenters. The van der Waals surface area contributed by atoms with E-state index in [2.05, 4.69) is 47.8 Å². The van der Waals surface area contributed by atoms with Crippen LogP contribution >= 0.6 is 15.9 Å². The highest BCUT2D eigenvalue weighted by atomic mass is 79.9. The second kappa shape index (κ2) is 7.46. The van der Waals surface area contributed by atoms with Gasteiger partial charge in [-0.1, -0.05) is 36.7 Å². The Morgan fingerprint density at radius 2 is 2.00 bits per heavy atom. The standard InChI is InChI=1S/C17H20BrNO2/c1-4-10-20-16-6-5-9-19-17(16)21-15-8-7-13(18)11-14(15)12(2)3/h5-9,11-12H,4,10H2,1-3H3. The maximum atomic E-state index is 6.00. The van der Waals surface area contributed by atoms with Crippen LogP contribution < -0.4 is 9.47 Å². The third-order valence-electron chi connectivity index (χ3n) is 3.00. The zero-order chi connectivity index (χ0) is 15.2. The highest BCUT2D eigenvalue weighted by Crippen LogP contribution is 2.35. The van der Waals surface area contributed by atoms with Gasteiger partial charge in [0.2, 0.25) is 0 Å². The van der Waals surface area contributed by atoms with Crippen molar-refractivity contribution in [1.82, 2.24) is 4.98 Å². The Morgan fingerprint density at radius 1 is 1.19 bits per heavy atom. The van der Waals surface area contributed by atoms with Crippen LogP contribution in [0.2, 0.25) is 0 Å². The van der Waals surface area contributed by atoms with Gasteiger partial charge in [0, 0.05) is 10.7 Å². The smallest absolute Gasteiger partial charge is 0.262 e. The second-order valence-corrected chi connectivity index (χ2v) is 6.01. The van der Waals surface area contributed by atoms with Gasteiger partial charge in [0.15, 0.2) is 5.75 Å². The predicted octanol–water partition coefficient (Wildman–Crippen LogP) is 5.55. The van der Waals surface area contributed by atoms with Gasteiger partial charge < -0.3 is 9.47 Å². The van der Waals surface area contributed by atoms with Crippen molar-refractivity contribution < 1.29 is 9.47 Å². The summed E-state index contributed by atoms with van der Waals surface area (Å²) in [6.07, 6.45) is 2.66. The van der Waals surface area contributed by atoms with Gasteiger partial charge in [-0.05, 0) is 48.2 Å². The lowest BCUT2D eigenvalue weighted by Gasteiger charge is -2.15. The van der Waals surface area contributed by atoms with E-state index in [1.165, 1.54) is 0 Å². The number of nitrogens with zero attached hydrogens (tertiary/aromatic N) is 1. The molecule has 0 aliphatic heterocycles. The highest BCUT2D eigenvalue weighted by Gasteiger charge is 2.13. The minimum absolute atomic E-state index is 0.362. The molecule has 0 saturated carbocycles. The Hall–Kier alpha value is -1.55. The fraction of sp³-hybridized carbons (Fsp3) is 0.353. The summed E-state index contributed by atoms with van der Waals surface area (Å²) in [5.41, 5.74) is 1.14. The van der Waals surface area contributed by atoms with Gasteiger partial charge in [-0.3, -0.25) is 0 Å². The van der Waals surface area contributed by atoms with Crippen LogP contribution in [-0.4, -0.2) is 11.6 Å². The van der Waals surface area contributed by atoms with Crippen molar-refractivity contribution >= 4 is 15.9 Å². The first-order valence-electron chi connectivity index (χ1n) is 7.17. The molecule has 1 aromatic carbocycles. The Labute approximate surface area is 134 Å². The van der Waals surface area contributed by atoms with Crippen LogP contribution in [0.15, 0.2) is 41.0 Å². The number of aromatic nitrogens is 1. The monoisotopic (exact) mass is 349 g/mol. The molecule has 0 amide bonds. The average molecular weight is 350 g/mol. The van der Waals surface area contributed by atoms with Crippen molar-refractivity contribution in [2.45, 2.75) is 33.1 Å². The summed E-state index contributed by atoms with van der Waals surface area (Å²) in [5.74, 6) is 2.36. The molecule has 0 N–H and O–H groups in total. The Morgan fingerprint density at radius 3 is 2.71 bits per heavy atom. The molecule has 0 fully saturated rings. The summed E-state index contributed by atoms with van der Waals surface area (Å²) >= 11 is 3.50. The van der Waals surface area contributed by atoms with Gasteiger partial charge >= 0.3 is 0 Å². The first-order valence-corrected chi connectivity index (χ1v) is 7.96. The van der Waals surface area contributed by atoms with E-state index in [1.54, 1.807) is 6.20 Å². The Bertz CT molecular complexity index is 599. The van der Waals surface area contributed by atoms with E-state index >= 15 is 0 Å². The molecule has 4 heteroatoms. The van der Waals surface area contributed by atoms with Crippen molar-refractivity contribution in [3.63, 3.8) is 0 Å². The lowest BCUT2D eigenvalue weighted by molar-refractivity contribution is 0.297. The van der Waals surface area contributed by atoms with Crippen molar-refractivity contribution in [3.05, 3.63) is 46.6 Å². The fourth-order valence-corrected chi connectivity index (χ4v) is 2.32. The summed E-state index contributed by atoms with van der Waals surface area (Å²) in [4.78, 5) is 4.29. The Balaban J connectivity index is 2.30. The number of ether oxygens (including phenoxy) is 2. The largest absolute Gasteiger partial charge is 0.488 e. The van der Waals surface area contributed by atoms with Crippen LogP contribution in [0.25, 0.3) is 0 Å². The van der Waals surface area contributed by atoms with Gasteiger partial charge in [0.05, 0.1) is 6.61 Å². The molecule has 1 heterocycles. The third kappa shape index (κ3) is 4.21. The van der Waals surface area contributed by atoms with Crippen LogP contribution in [0.5, 0.6) is 17.4 Å². The van der Waals surface area contributed by atoms with E-state index in [1.807, 2.05) is 24.3 Å². The lowest BCUT2D eigenvalue weighted by Crippen LogP contribution is -2.00.